The summed E-state index contributed by atoms with van der Waals surface area (Å²) in [5, 5.41) is 14.5. The zero-order valence-electron chi connectivity index (χ0n) is 12.5. The van der Waals surface area contributed by atoms with Crippen LogP contribution in [0.2, 0.25) is 0 Å². The number of benzene rings is 1. The second-order valence-electron chi connectivity index (χ2n) is 5.41. The van der Waals surface area contributed by atoms with E-state index in [1.165, 1.54) is 0 Å². The third-order valence-corrected chi connectivity index (χ3v) is 5.15. The Morgan fingerprint density at radius 2 is 2.10 bits per heavy atom. The Morgan fingerprint density at radius 3 is 2.76 bits per heavy atom. The van der Waals surface area contributed by atoms with Crippen molar-refractivity contribution in [2.75, 3.05) is 23.0 Å². The molecule has 5 heteroatoms. The SMILES string of the molecule is Cc1nn(-c2ccccc2)c(N2CCSCC2C)c1CO. The van der Waals surface area contributed by atoms with Gasteiger partial charge in [-0.15, -0.1) is 0 Å². The van der Waals surface area contributed by atoms with E-state index < -0.39 is 0 Å². The first kappa shape index (κ1) is 14.5. The van der Waals surface area contributed by atoms with Crippen LogP contribution in [0.15, 0.2) is 30.3 Å². The highest BCUT2D eigenvalue weighted by atomic mass is 32.2. The lowest BCUT2D eigenvalue weighted by atomic mass is 10.2. The Labute approximate surface area is 129 Å². The first-order chi connectivity index (χ1) is 10.2. The number of hydrogen-bond acceptors (Lipinski definition) is 4. The lowest BCUT2D eigenvalue weighted by Crippen LogP contribution is -2.42. The fourth-order valence-corrected chi connectivity index (χ4v) is 3.83. The molecule has 0 aliphatic carbocycles. The summed E-state index contributed by atoms with van der Waals surface area (Å²) >= 11 is 1.99. The zero-order valence-corrected chi connectivity index (χ0v) is 13.3. The molecule has 1 aromatic carbocycles. The van der Waals surface area contributed by atoms with Gasteiger partial charge in [-0.1, -0.05) is 18.2 Å². The minimum atomic E-state index is 0.0321. The fraction of sp³-hybridized carbons (Fsp3) is 0.438. The number of aliphatic hydroxyl groups is 1. The third kappa shape index (κ3) is 2.68. The minimum Gasteiger partial charge on any atom is -0.391 e. The molecule has 2 heterocycles. The van der Waals surface area contributed by atoms with Crippen LogP contribution in [0.3, 0.4) is 0 Å². The summed E-state index contributed by atoms with van der Waals surface area (Å²) < 4.78 is 1.98. The van der Waals surface area contributed by atoms with Crippen LogP contribution in [0.1, 0.15) is 18.2 Å². The molecule has 0 radical (unpaired) electrons. The molecular formula is C16H21N3OS. The van der Waals surface area contributed by atoms with Crippen molar-refractivity contribution in [3.63, 3.8) is 0 Å². The lowest BCUT2D eigenvalue weighted by Gasteiger charge is -2.35. The van der Waals surface area contributed by atoms with Crippen LogP contribution < -0.4 is 4.90 Å². The number of aryl methyl sites for hydroxylation is 1. The van der Waals surface area contributed by atoms with E-state index in [2.05, 4.69) is 29.1 Å². The molecule has 1 fully saturated rings. The second-order valence-corrected chi connectivity index (χ2v) is 6.56. The first-order valence-corrected chi connectivity index (χ1v) is 8.47. The smallest absolute Gasteiger partial charge is 0.138 e. The van der Waals surface area contributed by atoms with Gasteiger partial charge in [0.2, 0.25) is 0 Å². The van der Waals surface area contributed by atoms with Crippen molar-refractivity contribution in [1.29, 1.82) is 0 Å². The highest BCUT2D eigenvalue weighted by Crippen LogP contribution is 2.31. The molecule has 21 heavy (non-hydrogen) atoms. The maximum absolute atomic E-state index is 9.79. The van der Waals surface area contributed by atoms with Crippen LogP contribution in [-0.2, 0) is 6.61 Å². The molecule has 1 aliphatic heterocycles. The molecule has 1 N–H and O–H groups in total. The first-order valence-electron chi connectivity index (χ1n) is 7.31. The van der Waals surface area contributed by atoms with Crippen LogP contribution >= 0.6 is 11.8 Å². The molecule has 1 unspecified atom stereocenters. The summed E-state index contributed by atoms with van der Waals surface area (Å²) in [7, 11) is 0. The van der Waals surface area contributed by atoms with E-state index in [4.69, 9.17) is 0 Å². The Bertz CT molecular complexity index is 611. The molecule has 0 spiro atoms. The van der Waals surface area contributed by atoms with E-state index in [-0.39, 0.29) is 6.61 Å². The molecule has 0 amide bonds. The van der Waals surface area contributed by atoms with Crippen molar-refractivity contribution in [2.24, 2.45) is 0 Å². The molecule has 1 aliphatic rings. The predicted octanol–water partition coefficient (Wildman–Crippen LogP) is 2.61. The lowest BCUT2D eigenvalue weighted by molar-refractivity contribution is 0.281. The van der Waals surface area contributed by atoms with E-state index in [1.807, 2.05) is 41.6 Å². The van der Waals surface area contributed by atoms with Gasteiger partial charge in [0.15, 0.2) is 0 Å². The van der Waals surface area contributed by atoms with Gasteiger partial charge in [0.1, 0.15) is 5.82 Å². The van der Waals surface area contributed by atoms with Crippen LogP contribution in [0.25, 0.3) is 5.69 Å². The van der Waals surface area contributed by atoms with Crippen molar-refractivity contribution in [3.05, 3.63) is 41.6 Å². The molecule has 112 valence electrons. The summed E-state index contributed by atoms with van der Waals surface area (Å²) in [5.41, 5.74) is 2.89. The number of rotatable bonds is 3. The van der Waals surface area contributed by atoms with Gasteiger partial charge >= 0.3 is 0 Å². The zero-order chi connectivity index (χ0) is 14.8. The van der Waals surface area contributed by atoms with Crippen LogP contribution in [0.4, 0.5) is 5.82 Å². The average molecular weight is 303 g/mol. The van der Waals surface area contributed by atoms with Crippen LogP contribution in [0.5, 0.6) is 0 Å². The van der Waals surface area contributed by atoms with Crippen LogP contribution in [0, 0.1) is 6.92 Å². The highest BCUT2D eigenvalue weighted by molar-refractivity contribution is 7.99. The Balaban J connectivity index is 2.12. The number of thioether (sulfide) groups is 1. The molecule has 2 aromatic rings. The number of para-hydroxylation sites is 1. The topological polar surface area (TPSA) is 41.3 Å². The van der Waals surface area contributed by atoms with Crippen molar-refractivity contribution in [1.82, 2.24) is 9.78 Å². The summed E-state index contributed by atoms with van der Waals surface area (Å²) in [5.74, 6) is 3.28. The Morgan fingerprint density at radius 1 is 1.33 bits per heavy atom. The van der Waals surface area contributed by atoms with Gasteiger partial charge in [-0.25, -0.2) is 4.68 Å². The number of nitrogens with zero attached hydrogens (tertiary/aromatic N) is 3. The molecule has 0 bridgehead atoms. The van der Waals surface area contributed by atoms with Crippen molar-refractivity contribution in [2.45, 2.75) is 26.5 Å². The molecular weight excluding hydrogens is 282 g/mol. The van der Waals surface area contributed by atoms with E-state index in [0.717, 1.165) is 40.8 Å². The van der Waals surface area contributed by atoms with E-state index >= 15 is 0 Å². The molecule has 4 nitrogen and oxygen atoms in total. The van der Waals surface area contributed by atoms with Gasteiger partial charge in [0.25, 0.3) is 0 Å². The monoisotopic (exact) mass is 303 g/mol. The Kier molecular flexibility index (Phi) is 4.22. The number of hydrogen-bond donors (Lipinski definition) is 1. The molecule has 3 rings (SSSR count). The van der Waals surface area contributed by atoms with E-state index in [1.54, 1.807) is 0 Å². The van der Waals surface area contributed by atoms with Crippen molar-refractivity contribution >= 4 is 17.6 Å². The average Bonchev–Trinajstić information content (AvgIpc) is 2.85. The predicted molar refractivity (Wildman–Crippen MR) is 88.4 cm³/mol. The summed E-state index contributed by atoms with van der Waals surface area (Å²) in [6.45, 7) is 5.24. The number of aromatic nitrogens is 2. The maximum Gasteiger partial charge on any atom is 0.138 e. The second kappa shape index (κ2) is 6.12. The molecule has 1 saturated heterocycles. The summed E-state index contributed by atoms with van der Waals surface area (Å²) in [4.78, 5) is 2.38. The Hall–Kier alpha value is -1.46. The van der Waals surface area contributed by atoms with Gasteiger partial charge < -0.3 is 10.0 Å². The molecule has 1 aromatic heterocycles. The number of aliphatic hydroxyl groups excluding tert-OH is 1. The largest absolute Gasteiger partial charge is 0.391 e. The van der Waals surface area contributed by atoms with Crippen molar-refractivity contribution in [3.8, 4) is 5.69 Å². The normalized spacial score (nSPS) is 19.0. The third-order valence-electron chi connectivity index (χ3n) is 3.96. The van der Waals surface area contributed by atoms with Gasteiger partial charge in [0, 0.05) is 29.7 Å². The van der Waals surface area contributed by atoms with Gasteiger partial charge in [-0.2, -0.15) is 16.9 Å². The number of anilines is 1. The standard InChI is InChI=1S/C16H21N3OS/c1-12-11-21-9-8-18(12)16-15(10-20)13(2)17-19(16)14-6-4-3-5-7-14/h3-7,12,20H,8-11H2,1-2H3. The van der Waals surface area contributed by atoms with Gasteiger partial charge in [-0.05, 0) is 26.0 Å². The molecule has 1 atom stereocenters. The highest BCUT2D eigenvalue weighted by Gasteiger charge is 2.27. The van der Waals surface area contributed by atoms with E-state index in [0.29, 0.717) is 6.04 Å². The van der Waals surface area contributed by atoms with E-state index in [9.17, 15) is 5.11 Å². The van der Waals surface area contributed by atoms with Crippen LogP contribution in [-0.4, -0.2) is 39.0 Å². The summed E-state index contributed by atoms with van der Waals surface area (Å²) in [6.07, 6.45) is 0. The molecule has 0 saturated carbocycles. The fourth-order valence-electron chi connectivity index (χ4n) is 2.82. The minimum absolute atomic E-state index is 0.0321. The van der Waals surface area contributed by atoms with Gasteiger partial charge in [-0.3, -0.25) is 0 Å². The van der Waals surface area contributed by atoms with Gasteiger partial charge in [0.05, 0.1) is 18.0 Å². The summed E-state index contributed by atoms with van der Waals surface area (Å²) in [6, 6.07) is 10.6. The quantitative estimate of drug-likeness (QED) is 0.946. The van der Waals surface area contributed by atoms with Crippen molar-refractivity contribution < 1.29 is 5.11 Å². The maximum atomic E-state index is 9.79.